The Morgan fingerprint density at radius 1 is 1.13 bits per heavy atom. The fourth-order valence-corrected chi connectivity index (χ4v) is 4.94. The third-order valence-corrected chi connectivity index (χ3v) is 6.91. The molecule has 1 atom stereocenters. The van der Waals surface area contributed by atoms with Gasteiger partial charge in [0, 0.05) is 25.2 Å². The van der Waals surface area contributed by atoms with Gasteiger partial charge >= 0.3 is 0 Å². The lowest BCUT2D eigenvalue weighted by molar-refractivity contribution is -0.385. The quantitative estimate of drug-likeness (QED) is 0.525. The zero-order valence-electron chi connectivity index (χ0n) is 16.7. The molecule has 1 fully saturated rings. The molecule has 0 radical (unpaired) electrons. The molecule has 1 aliphatic heterocycles. The van der Waals surface area contributed by atoms with E-state index in [9.17, 15) is 22.9 Å². The molecule has 0 aliphatic carbocycles. The maximum absolute atomic E-state index is 13.3. The number of hydrogen-bond acceptors (Lipinski definition) is 6. The number of nitro groups is 1. The first-order valence-corrected chi connectivity index (χ1v) is 11.0. The zero-order valence-corrected chi connectivity index (χ0v) is 17.6. The highest BCUT2D eigenvalue weighted by Crippen LogP contribution is 2.34. The molecule has 0 bridgehead atoms. The van der Waals surface area contributed by atoms with Gasteiger partial charge < -0.3 is 10.1 Å². The number of halogens is 1. The number of benzene rings is 2. The first-order chi connectivity index (χ1) is 14.2. The van der Waals surface area contributed by atoms with Gasteiger partial charge in [-0.3, -0.25) is 10.1 Å². The Bertz CT molecular complexity index is 1010. The van der Waals surface area contributed by atoms with Gasteiger partial charge in [-0.1, -0.05) is 26.0 Å². The molecule has 1 aliphatic rings. The SMILES string of the molecule is CC(C)[C@@H](Nc1ccc([N+](=O)[O-])cc1S(=O)(=O)N1CCOCC1)c1ccc(F)cc1. The average Bonchev–Trinajstić information content (AvgIpc) is 2.73. The van der Waals surface area contributed by atoms with Crippen molar-refractivity contribution < 1.29 is 22.5 Å². The highest BCUT2D eigenvalue weighted by atomic mass is 32.2. The predicted molar refractivity (Wildman–Crippen MR) is 110 cm³/mol. The summed E-state index contributed by atoms with van der Waals surface area (Å²) in [5, 5.41) is 14.5. The van der Waals surface area contributed by atoms with Crippen LogP contribution in [0.3, 0.4) is 0 Å². The molecule has 1 heterocycles. The van der Waals surface area contributed by atoms with Crippen LogP contribution in [0.2, 0.25) is 0 Å². The highest BCUT2D eigenvalue weighted by Gasteiger charge is 2.31. The van der Waals surface area contributed by atoms with E-state index < -0.39 is 14.9 Å². The largest absolute Gasteiger partial charge is 0.379 e. The van der Waals surface area contributed by atoms with Gasteiger partial charge in [0.1, 0.15) is 10.7 Å². The molecule has 10 heteroatoms. The number of nitrogens with one attached hydrogen (secondary N) is 1. The summed E-state index contributed by atoms with van der Waals surface area (Å²) in [7, 11) is -3.98. The number of rotatable bonds is 7. The molecule has 162 valence electrons. The maximum atomic E-state index is 13.3. The molecule has 0 saturated carbocycles. The molecule has 0 unspecified atom stereocenters. The molecular weight excluding hydrogens is 413 g/mol. The van der Waals surface area contributed by atoms with E-state index >= 15 is 0 Å². The van der Waals surface area contributed by atoms with Gasteiger partial charge in [0.25, 0.3) is 5.69 Å². The molecule has 3 rings (SSSR count). The van der Waals surface area contributed by atoms with Gasteiger partial charge in [0.05, 0.1) is 29.9 Å². The minimum Gasteiger partial charge on any atom is -0.379 e. The summed E-state index contributed by atoms with van der Waals surface area (Å²) in [4.78, 5) is 10.5. The van der Waals surface area contributed by atoms with Crippen LogP contribution in [0.25, 0.3) is 0 Å². The van der Waals surface area contributed by atoms with Crippen LogP contribution in [0.1, 0.15) is 25.5 Å². The van der Waals surface area contributed by atoms with Crippen molar-refractivity contribution in [3.05, 3.63) is 64.0 Å². The molecule has 8 nitrogen and oxygen atoms in total. The van der Waals surface area contributed by atoms with Gasteiger partial charge in [-0.15, -0.1) is 0 Å². The van der Waals surface area contributed by atoms with Crippen LogP contribution in [0, 0.1) is 21.8 Å². The zero-order chi connectivity index (χ0) is 21.9. The van der Waals surface area contributed by atoms with Crippen molar-refractivity contribution in [2.45, 2.75) is 24.8 Å². The van der Waals surface area contributed by atoms with E-state index in [0.29, 0.717) is 0 Å². The van der Waals surface area contributed by atoms with Crippen LogP contribution < -0.4 is 5.32 Å². The Kier molecular flexibility index (Phi) is 6.69. The molecular formula is C20H24FN3O5S. The van der Waals surface area contributed by atoms with Crippen LogP contribution in [0.15, 0.2) is 47.4 Å². The fourth-order valence-electron chi connectivity index (χ4n) is 3.36. The van der Waals surface area contributed by atoms with Crippen LogP contribution in [0.4, 0.5) is 15.8 Å². The van der Waals surface area contributed by atoms with E-state index in [-0.39, 0.29) is 60.4 Å². The van der Waals surface area contributed by atoms with E-state index in [0.717, 1.165) is 11.6 Å². The highest BCUT2D eigenvalue weighted by molar-refractivity contribution is 7.89. The van der Waals surface area contributed by atoms with Crippen molar-refractivity contribution in [3.63, 3.8) is 0 Å². The third-order valence-electron chi connectivity index (χ3n) is 4.97. The second-order valence-corrected chi connectivity index (χ2v) is 9.28. The smallest absolute Gasteiger partial charge is 0.270 e. The molecule has 30 heavy (non-hydrogen) atoms. The second kappa shape index (κ2) is 9.07. The van der Waals surface area contributed by atoms with Crippen molar-refractivity contribution in [2.75, 3.05) is 31.6 Å². The topological polar surface area (TPSA) is 102 Å². The van der Waals surface area contributed by atoms with Crippen molar-refractivity contribution in [2.24, 2.45) is 5.92 Å². The summed E-state index contributed by atoms with van der Waals surface area (Å²) >= 11 is 0. The number of nitro benzene ring substituents is 1. The number of nitrogens with zero attached hydrogens (tertiary/aromatic N) is 2. The summed E-state index contributed by atoms with van der Waals surface area (Å²) in [6, 6.07) is 9.37. The molecule has 2 aromatic carbocycles. The van der Waals surface area contributed by atoms with Crippen molar-refractivity contribution in [3.8, 4) is 0 Å². The van der Waals surface area contributed by atoms with E-state index in [1.807, 2.05) is 13.8 Å². The molecule has 2 aromatic rings. The van der Waals surface area contributed by atoms with Crippen molar-refractivity contribution >= 4 is 21.4 Å². The number of hydrogen-bond donors (Lipinski definition) is 1. The van der Waals surface area contributed by atoms with Crippen LogP contribution in [-0.4, -0.2) is 43.9 Å². The Labute approximate surface area is 174 Å². The molecule has 0 spiro atoms. The van der Waals surface area contributed by atoms with Crippen LogP contribution in [-0.2, 0) is 14.8 Å². The molecule has 0 aromatic heterocycles. The van der Waals surface area contributed by atoms with Gasteiger partial charge in [0.15, 0.2) is 0 Å². The monoisotopic (exact) mass is 437 g/mol. The van der Waals surface area contributed by atoms with Crippen molar-refractivity contribution in [1.82, 2.24) is 4.31 Å². The lowest BCUT2D eigenvalue weighted by atomic mass is 9.95. The number of sulfonamides is 1. The van der Waals surface area contributed by atoms with E-state index in [1.165, 1.54) is 28.6 Å². The summed E-state index contributed by atoms with van der Waals surface area (Å²) in [5.41, 5.74) is 0.727. The predicted octanol–water partition coefficient (Wildman–Crippen LogP) is 3.56. The normalized spacial score (nSPS) is 16.4. The van der Waals surface area contributed by atoms with E-state index in [1.54, 1.807) is 12.1 Å². The maximum Gasteiger partial charge on any atom is 0.270 e. The lowest BCUT2D eigenvalue weighted by Gasteiger charge is -2.29. The standard InChI is InChI=1S/C20H24FN3O5S/c1-14(2)20(15-3-5-16(21)6-4-15)22-18-8-7-17(24(25)26)13-19(18)30(27,28)23-9-11-29-12-10-23/h3-8,13-14,20,22H,9-12H2,1-2H3/t20-/m1/s1. The van der Waals surface area contributed by atoms with Gasteiger partial charge in [-0.05, 0) is 29.7 Å². The summed E-state index contributed by atoms with van der Waals surface area (Å²) < 4.78 is 46.4. The van der Waals surface area contributed by atoms with Crippen molar-refractivity contribution in [1.29, 1.82) is 0 Å². The van der Waals surface area contributed by atoms with Crippen LogP contribution >= 0.6 is 0 Å². The van der Waals surface area contributed by atoms with E-state index in [2.05, 4.69) is 5.32 Å². The Hall–Kier alpha value is -2.56. The van der Waals surface area contributed by atoms with Gasteiger partial charge in [-0.25, -0.2) is 12.8 Å². The minimum absolute atomic E-state index is 0.0320. The first kappa shape index (κ1) is 22.1. The molecule has 1 N–H and O–H groups in total. The Morgan fingerprint density at radius 2 is 1.77 bits per heavy atom. The summed E-state index contributed by atoms with van der Waals surface area (Å²) in [6.45, 7) is 4.78. The minimum atomic E-state index is -3.98. The summed E-state index contributed by atoms with van der Waals surface area (Å²) in [6.07, 6.45) is 0. The second-order valence-electron chi connectivity index (χ2n) is 7.37. The van der Waals surface area contributed by atoms with Crippen LogP contribution in [0.5, 0.6) is 0 Å². The van der Waals surface area contributed by atoms with E-state index in [4.69, 9.17) is 4.74 Å². The number of non-ortho nitro benzene ring substituents is 1. The lowest BCUT2D eigenvalue weighted by Crippen LogP contribution is -2.40. The summed E-state index contributed by atoms with van der Waals surface area (Å²) in [5.74, 6) is -0.336. The fraction of sp³-hybridized carbons (Fsp3) is 0.400. The third kappa shape index (κ3) is 4.77. The Balaban J connectivity index is 2.04. The average molecular weight is 437 g/mol. The number of ether oxygens (including phenoxy) is 1. The van der Waals surface area contributed by atoms with Gasteiger partial charge in [-0.2, -0.15) is 4.31 Å². The Morgan fingerprint density at radius 3 is 2.33 bits per heavy atom. The molecule has 1 saturated heterocycles. The number of anilines is 1. The number of morpholine rings is 1. The van der Waals surface area contributed by atoms with Gasteiger partial charge in [0.2, 0.25) is 10.0 Å². The first-order valence-electron chi connectivity index (χ1n) is 9.58. The molecule has 0 amide bonds.